The lowest BCUT2D eigenvalue weighted by molar-refractivity contribution is -0.115. The molecule has 1 amide bonds. The van der Waals surface area contributed by atoms with E-state index in [4.69, 9.17) is 11.6 Å². The molecule has 0 unspecified atom stereocenters. The van der Waals surface area contributed by atoms with Gasteiger partial charge in [-0.25, -0.2) is 4.39 Å². The van der Waals surface area contributed by atoms with E-state index in [1.807, 2.05) is 6.07 Å². The molecule has 0 saturated carbocycles. The Hall–Kier alpha value is -1.52. The van der Waals surface area contributed by atoms with Crippen LogP contribution in [0, 0.1) is 19.7 Å². The van der Waals surface area contributed by atoms with E-state index in [2.05, 4.69) is 26.0 Å². The Bertz CT molecular complexity index is 749. The number of carbonyl (C=O) groups is 1. The van der Waals surface area contributed by atoms with Crippen LogP contribution in [0.5, 0.6) is 0 Å². The van der Waals surface area contributed by atoms with Gasteiger partial charge in [0.05, 0.1) is 10.8 Å². The molecule has 0 aromatic heterocycles. The van der Waals surface area contributed by atoms with Gasteiger partial charge >= 0.3 is 0 Å². The van der Waals surface area contributed by atoms with E-state index in [9.17, 15) is 9.18 Å². The highest BCUT2D eigenvalue weighted by molar-refractivity contribution is 8.00. The number of benzene rings is 2. The number of anilines is 1. The fourth-order valence-corrected chi connectivity index (χ4v) is 3.84. The summed E-state index contributed by atoms with van der Waals surface area (Å²) in [4.78, 5) is 14.0. The van der Waals surface area contributed by atoms with Crippen LogP contribution in [0.2, 0.25) is 5.02 Å². The van der Waals surface area contributed by atoms with Gasteiger partial charge in [0.25, 0.3) is 0 Å². The molecule has 114 valence electrons. The van der Waals surface area contributed by atoms with Gasteiger partial charge in [0, 0.05) is 5.69 Å². The Morgan fingerprint density at radius 1 is 1.18 bits per heavy atom. The van der Waals surface area contributed by atoms with Crippen LogP contribution < -0.4 is 4.90 Å². The Balaban J connectivity index is 2.01. The zero-order chi connectivity index (χ0) is 15.9. The molecule has 0 spiro atoms. The van der Waals surface area contributed by atoms with Crippen molar-refractivity contribution in [2.45, 2.75) is 19.2 Å². The number of rotatable bonds is 2. The molecule has 1 atom stereocenters. The summed E-state index contributed by atoms with van der Waals surface area (Å²) in [6.45, 7) is 4.11. The van der Waals surface area contributed by atoms with Gasteiger partial charge in [-0.3, -0.25) is 9.69 Å². The molecule has 0 N–H and O–H groups in total. The number of amides is 1. The largest absolute Gasteiger partial charge is 0.295 e. The highest BCUT2D eigenvalue weighted by Gasteiger charge is 2.34. The van der Waals surface area contributed by atoms with Crippen LogP contribution in [0.15, 0.2) is 36.4 Å². The summed E-state index contributed by atoms with van der Waals surface area (Å²) in [6.07, 6.45) is 0. The third-order valence-corrected chi connectivity index (χ3v) is 5.37. The van der Waals surface area contributed by atoms with Crippen molar-refractivity contribution < 1.29 is 9.18 Å². The molecule has 5 heteroatoms. The fraction of sp³-hybridized carbons (Fsp3) is 0.235. The number of nitrogens with zero attached hydrogens (tertiary/aromatic N) is 1. The molecule has 1 aliphatic rings. The smallest absolute Gasteiger partial charge is 0.238 e. The van der Waals surface area contributed by atoms with Crippen LogP contribution in [-0.2, 0) is 4.79 Å². The number of halogens is 2. The van der Waals surface area contributed by atoms with Gasteiger partial charge in [-0.15, -0.1) is 11.8 Å². The van der Waals surface area contributed by atoms with Crippen molar-refractivity contribution in [2.75, 3.05) is 10.7 Å². The van der Waals surface area contributed by atoms with Crippen LogP contribution in [0.1, 0.15) is 22.1 Å². The van der Waals surface area contributed by atoms with E-state index in [0.717, 1.165) is 5.56 Å². The van der Waals surface area contributed by atoms with Crippen molar-refractivity contribution in [1.29, 1.82) is 0 Å². The first-order valence-corrected chi connectivity index (χ1v) is 8.36. The topological polar surface area (TPSA) is 20.3 Å². The molecule has 22 heavy (non-hydrogen) atoms. The average molecular weight is 336 g/mol. The summed E-state index contributed by atoms with van der Waals surface area (Å²) >= 11 is 7.43. The van der Waals surface area contributed by atoms with Crippen molar-refractivity contribution in [1.82, 2.24) is 0 Å². The fourth-order valence-electron chi connectivity index (χ4n) is 2.50. The first kappa shape index (κ1) is 15.4. The van der Waals surface area contributed by atoms with Gasteiger partial charge in [0.2, 0.25) is 5.91 Å². The Morgan fingerprint density at radius 3 is 2.64 bits per heavy atom. The quantitative estimate of drug-likeness (QED) is 0.780. The highest BCUT2D eigenvalue weighted by atomic mass is 35.5. The second-order valence-corrected chi connectivity index (χ2v) is 6.84. The molecular formula is C17H15ClFNOS. The molecule has 2 aromatic carbocycles. The predicted molar refractivity (Wildman–Crippen MR) is 90.0 cm³/mol. The lowest BCUT2D eigenvalue weighted by Gasteiger charge is -2.25. The van der Waals surface area contributed by atoms with Crippen molar-refractivity contribution in [2.24, 2.45) is 0 Å². The van der Waals surface area contributed by atoms with E-state index in [1.54, 1.807) is 22.7 Å². The zero-order valence-corrected chi connectivity index (χ0v) is 13.8. The summed E-state index contributed by atoms with van der Waals surface area (Å²) < 4.78 is 13.4. The maximum atomic E-state index is 13.4. The van der Waals surface area contributed by atoms with E-state index in [1.165, 1.54) is 23.3 Å². The number of hydrogen-bond donors (Lipinski definition) is 0. The number of carbonyl (C=O) groups excluding carboxylic acids is 1. The van der Waals surface area contributed by atoms with Crippen LogP contribution in [0.25, 0.3) is 0 Å². The normalized spacial score (nSPS) is 18.1. The molecule has 1 heterocycles. The molecule has 1 fully saturated rings. The summed E-state index contributed by atoms with van der Waals surface area (Å²) in [5.41, 5.74) is 4.10. The molecular weight excluding hydrogens is 321 g/mol. The Labute approximate surface area is 138 Å². The minimum Gasteiger partial charge on any atom is -0.295 e. The highest BCUT2D eigenvalue weighted by Crippen LogP contribution is 2.42. The SMILES string of the molecule is Cc1ccc([C@H]2SCC(=O)N2c2ccc(F)c(Cl)c2)cc1C. The molecule has 1 saturated heterocycles. The van der Waals surface area contributed by atoms with Crippen LogP contribution >= 0.6 is 23.4 Å². The first-order valence-electron chi connectivity index (χ1n) is 6.93. The van der Waals surface area contributed by atoms with Gasteiger partial charge in [0.15, 0.2) is 0 Å². The van der Waals surface area contributed by atoms with E-state index in [-0.39, 0.29) is 16.3 Å². The molecule has 1 aliphatic heterocycles. The summed E-state index contributed by atoms with van der Waals surface area (Å²) in [6, 6.07) is 10.6. The molecule has 0 radical (unpaired) electrons. The number of thioether (sulfide) groups is 1. The monoisotopic (exact) mass is 335 g/mol. The van der Waals surface area contributed by atoms with Crippen LogP contribution in [0.4, 0.5) is 10.1 Å². The minimum atomic E-state index is -0.479. The third kappa shape index (κ3) is 2.73. The average Bonchev–Trinajstić information content (AvgIpc) is 2.87. The molecule has 0 aliphatic carbocycles. The Morgan fingerprint density at radius 2 is 1.95 bits per heavy atom. The van der Waals surface area contributed by atoms with E-state index < -0.39 is 5.82 Å². The molecule has 2 nitrogen and oxygen atoms in total. The van der Waals surface area contributed by atoms with Crippen molar-refractivity contribution in [3.8, 4) is 0 Å². The first-order chi connectivity index (χ1) is 10.5. The second-order valence-electron chi connectivity index (χ2n) is 5.37. The molecule has 3 rings (SSSR count). The number of aryl methyl sites for hydroxylation is 2. The summed E-state index contributed by atoms with van der Waals surface area (Å²) in [7, 11) is 0. The third-order valence-electron chi connectivity index (χ3n) is 3.87. The molecule has 2 aromatic rings. The molecule has 0 bridgehead atoms. The van der Waals surface area contributed by atoms with Gasteiger partial charge < -0.3 is 0 Å². The van der Waals surface area contributed by atoms with Gasteiger partial charge in [-0.2, -0.15) is 0 Å². The maximum Gasteiger partial charge on any atom is 0.238 e. The number of hydrogen-bond acceptors (Lipinski definition) is 2. The van der Waals surface area contributed by atoms with Crippen LogP contribution in [0.3, 0.4) is 0 Å². The van der Waals surface area contributed by atoms with Crippen molar-refractivity contribution in [3.63, 3.8) is 0 Å². The van der Waals surface area contributed by atoms with Gasteiger partial charge in [0.1, 0.15) is 11.2 Å². The standard InChI is InChI=1S/C17H15ClFNOS/c1-10-3-4-12(7-11(10)2)17-20(16(21)9-22-17)13-5-6-15(19)14(18)8-13/h3-8,17H,9H2,1-2H3/t17-/m1/s1. The lowest BCUT2D eigenvalue weighted by atomic mass is 10.1. The van der Waals surface area contributed by atoms with Crippen molar-refractivity contribution in [3.05, 3.63) is 63.9 Å². The van der Waals surface area contributed by atoms with E-state index >= 15 is 0 Å². The van der Waals surface area contributed by atoms with Gasteiger partial charge in [-0.05, 0) is 48.7 Å². The summed E-state index contributed by atoms with van der Waals surface area (Å²) in [5, 5.41) is -0.0747. The van der Waals surface area contributed by atoms with Crippen molar-refractivity contribution >= 4 is 35.0 Å². The second kappa shape index (κ2) is 5.94. The van der Waals surface area contributed by atoms with E-state index in [0.29, 0.717) is 11.4 Å². The Kier molecular flexibility index (Phi) is 4.15. The minimum absolute atomic E-state index is 0.0101. The zero-order valence-electron chi connectivity index (χ0n) is 12.3. The maximum absolute atomic E-state index is 13.4. The van der Waals surface area contributed by atoms with Gasteiger partial charge in [-0.1, -0.05) is 29.8 Å². The predicted octanol–water partition coefficient (Wildman–Crippen LogP) is 4.87. The summed E-state index contributed by atoms with van der Waals surface area (Å²) in [5.74, 6) is -0.0598. The van der Waals surface area contributed by atoms with Crippen LogP contribution in [-0.4, -0.2) is 11.7 Å². The lowest BCUT2D eigenvalue weighted by Crippen LogP contribution is -2.27.